The zero-order valence-electron chi connectivity index (χ0n) is 10.3. The van der Waals surface area contributed by atoms with Crippen molar-refractivity contribution in [2.45, 2.75) is 18.9 Å². The molecular weight excluding hydrogens is 258 g/mol. The number of fused-ring (bicyclic) bond motifs is 1. The summed E-state index contributed by atoms with van der Waals surface area (Å²) in [6.07, 6.45) is 2.38. The molecule has 1 saturated heterocycles. The lowest BCUT2D eigenvalue weighted by Gasteiger charge is -2.03. The van der Waals surface area contributed by atoms with Crippen molar-refractivity contribution in [2.24, 2.45) is 0 Å². The van der Waals surface area contributed by atoms with Crippen molar-refractivity contribution in [3.05, 3.63) is 35.3 Å². The van der Waals surface area contributed by atoms with Crippen molar-refractivity contribution in [1.82, 2.24) is 25.1 Å². The molecule has 3 heterocycles. The van der Waals surface area contributed by atoms with Crippen LogP contribution in [0, 0.1) is 0 Å². The van der Waals surface area contributed by atoms with Gasteiger partial charge in [-0.3, -0.25) is 0 Å². The maximum absolute atomic E-state index is 4.68. The van der Waals surface area contributed by atoms with Gasteiger partial charge >= 0.3 is 0 Å². The lowest BCUT2D eigenvalue weighted by atomic mass is 10.2. The molecule has 1 N–H and O–H groups in total. The number of aromatic nitrogens is 4. The summed E-state index contributed by atoms with van der Waals surface area (Å²) >= 11 is 1.63. The standard InChI is InChI=1S/C13H13N5S/c1-2-5-9(6-3-1)11-15-16-13-18(11)17-12(19-13)10-7-4-8-14-10/h1-3,5-6,10,14H,4,7-8H2/t10-/m1/s1. The Hall–Kier alpha value is -1.79. The van der Waals surface area contributed by atoms with Gasteiger partial charge < -0.3 is 5.32 Å². The van der Waals surface area contributed by atoms with E-state index in [4.69, 9.17) is 0 Å². The van der Waals surface area contributed by atoms with Gasteiger partial charge in [0.05, 0.1) is 6.04 Å². The maximum Gasteiger partial charge on any atom is 0.235 e. The molecule has 2 aromatic heterocycles. The molecule has 6 heteroatoms. The number of rotatable bonds is 2. The van der Waals surface area contributed by atoms with E-state index >= 15 is 0 Å². The molecule has 19 heavy (non-hydrogen) atoms. The first-order valence-corrected chi connectivity index (χ1v) is 7.24. The number of nitrogens with one attached hydrogen (secondary N) is 1. The molecular formula is C13H13N5S. The Kier molecular flexibility index (Phi) is 2.56. The molecule has 0 saturated carbocycles. The first-order valence-electron chi connectivity index (χ1n) is 6.43. The van der Waals surface area contributed by atoms with Crippen LogP contribution in [0.1, 0.15) is 23.9 Å². The van der Waals surface area contributed by atoms with E-state index in [2.05, 4.69) is 20.6 Å². The predicted molar refractivity (Wildman–Crippen MR) is 74.1 cm³/mol. The molecule has 1 aromatic carbocycles. The average molecular weight is 271 g/mol. The summed E-state index contributed by atoms with van der Waals surface area (Å²) in [4.78, 5) is 0.863. The van der Waals surface area contributed by atoms with E-state index in [-0.39, 0.29) is 0 Å². The molecule has 3 aromatic rings. The molecule has 0 amide bonds. The maximum atomic E-state index is 4.68. The van der Waals surface area contributed by atoms with E-state index in [1.165, 1.54) is 6.42 Å². The van der Waals surface area contributed by atoms with E-state index in [0.717, 1.165) is 34.3 Å². The second-order valence-electron chi connectivity index (χ2n) is 4.67. The van der Waals surface area contributed by atoms with Crippen LogP contribution in [0.25, 0.3) is 16.3 Å². The number of hydrogen-bond donors (Lipinski definition) is 1. The minimum absolute atomic E-state index is 0.385. The largest absolute Gasteiger partial charge is 0.308 e. The zero-order valence-corrected chi connectivity index (χ0v) is 11.1. The highest BCUT2D eigenvalue weighted by Gasteiger charge is 2.22. The topological polar surface area (TPSA) is 55.1 Å². The fourth-order valence-electron chi connectivity index (χ4n) is 2.44. The van der Waals surface area contributed by atoms with Crippen molar-refractivity contribution in [3.63, 3.8) is 0 Å². The van der Waals surface area contributed by atoms with E-state index in [1.54, 1.807) is 11.3 Å². The van der Waals surface area contributed by atoms with Crippen LogP contribution < -0.4 is 5.32 Å². The molecule has 0 aliphatic carbocycles. The van der Waals surface area contributed by atoms with Crippen LogP contribution >= 0.6 is 11.3 Å². The molecule has 5 nitrogen and oxygen atoms in total. The SMILES string of the molecule is c1ccc(-c2nnc3sc([C@H]4CCCN4)nn23)cc1. The van der Waals surface area contributed by atoms with Crippen LogP contribution in [0.15, 0.2) is 30.3 Å². The predicted octanol–water partition coefficient (Wildman–Crippen LogP) is 2.28. The molecule has 0 bridgehead atoms. The van der Waals surface area contributed by atoms with Gasteiger partial charge in [-0.2, -0.15) is 9.61 Å². The summed E-state index contributed by atoms with van der Waals surface area (Å²) in [5, 5.41) is 17.7. The molecule has 1 aliphatic heterocycles. The number of benzene rings is 1. The van der Waals surface area contributed by atoms with E-state index in [0.29, 0.717) is 6.04 Å². The van der Waals surface area contributed by atoms with Crippen LogP contribution in [0.5, 0.6) is 0 Å². The Morgan fingerprint density at radius 3 is 2.89 bits per heavy atom. The third-order valence-corrected chi connectivity index (χ3v) is 4.41. The van der Waals surface area contributed by atoms with Crippen LogP contribution in [0.3, 0.4) is 0 Å². The zero-order chi connectivity index (χ0) is 12.7. The first-order chi connectivity index (χ1) is 9.42. The van der Waals surface area contributed by atoms with Crippen LogP contribution in [0.2, 0.25) is 0 Å². The second-order valence-corrected chi connectivity index (χ2v) is 5.66. The van der Waals surface area contributed by atoms with Crippen molar-refractivity contribution in [3.8, 4) is 11.4 Å². The third-order valence-electron chi connectivity index (χ3n) is 3.40. The van der Waals surface area contributed by atoms with Crippen molar-refractivity contribution >= 4 is 16.3 Å². The highest BCUT2D eigenvalue weighted by atomic mass is 32.1. The molecule has 1 fully saturated rings. The summed E-state index contributed by atoms with van der Waals surface area (Å²) < 4.78 is 1.86. The molecule has 1 atom stereocenters. The van der Waals surface area contributed by atoms with E-state index in [1.807, 2.05) is 34.8 Å². The average Bonchev–Trinajstić information content (AvgIpc) is 3.15. The molecule has 1 aliphatic rings. The third kappa shape index (κ3) is 1.84. The smallest absolute Gasteiger partial charge is 0.235 e. The molecule has 96 valence electrons. The summed E-state index contributed by atoms with van der Waals surface area (Å²) in [6.45, 7) is 1.08. The van der Waals surface area contributed by atoms with Gasteiger partial charge in [-0.15, -0.1) is 10.2 Å². The highest BCUT2D eigenvalue weighted by molar-refractivity contribution is 7.16. The van der Waals surface area contributed by atoms with Gasteiger partial charge in [0, 0.05) is 5.56 Å². The second kappa shape index (κ2) is 4.40. The minimum Gasteiger partial charge on any atom is -0.308 e. The Balaban J connectivity index is 1.80. The van der Waals surface area contributed by atoms with Crippen molar-refractivity contribution in [2.75, 3.05) is 6.54 Å². The van der Waals surface area contributed by atoms with Gasteiger partial charge in [-0.1, -0.05) is 41.7 Å². The normalized spacial score (nSPS) is 19.3. The van der Waals surface area contributed by atoms with E-state index in [9.17, 15) is 0 Å². The molecule has 4 rings (SSSR count). The van der Waals surface area contributed by atoms with Crippen LogP contribution in [0.4, 0.5) is 0 Å². The Morgan fingerprint density at radius 1 is 1.21 bits per heavy atom. The molecule has 0 spiro atoms. The fourth-order valence-corrected chi connectivity index (χ4v) is 3.38. The Labute approximate surface area is 114 Å². The summed E-state index contributed by atoms with van der Waals surface area (Å²) in [7, 11) is 0. The lowest BCUT2D eigenvalue weighted by molar-refractivity contribution is 0.630. The Morgan fingerprint density at radius 2 is 2.11 bits per heavy atom. The Bertz CT molecular complexity index is 696. The lowest BCUT2D eigenvalue weighted by Crippen LogP contribution is -2.12. The summed E-state index contributed by atoms with van der Waals surface area (Å²) in [5.74, 6) is 0.816. The van der Waals surface area contributed by atoms with Crippen molar-refractivity contribution in [1.29, 1.82) is 0 Å². The van der Waals surface area contributed by atoms with Gasteiger partial charge in [0.1, 0.15) is 5.01 Å². The summed E-state index contributed by atoms with van der Waals surface area (Å²) in [6, 6.07) is 10.4. The fraction of sp³-hybridized carbons (Fsp3) is 0.308. The number of hydrogen-bond acceptors (Lipinski definition) is 5. The monoisotopic (exact) mass is 271 g/mol. The van der Waals surface area contributed by atoms with Crippen LogP contribution in [-0.2, 0) is 0 Å². The first kappa shape index (κ1) is 11.1. The van der Waals surface area contributed by atoms with Gasteiger partial charge in [0.2, 0.25) is 4.96 Å². The molecule has 0 unspecified atom stereocenters. The quantitative estimate of drug-likeness (QED) is 0.777. The number of nitrogens with zero attached hydrogens (tertiary/aromatic N) is 4. The summed E-state index contributed by atoms with van der Waals surface area (Å²) in [5.41, 5.74) is 1.05. The van der Waals surface area contributed by atoms with Gasteiger partial charge in [0.15, 0.2) is 5.82 Å². The van der Waals surface area contributed by atoms with Gasteiger partial charge in [-0.05, 0) is 19.4 Å². The minimum atomic E-state index is 0.385. The molecule has 0 radical (unpaired) electrons. The highest BCUT2D eigenvalue weighted by Crippen LogP contribution is 2.28. The van der Waals surface area contributed by atoms with Gasteiger partial charge in [-0.25, -0.2) is 0 Å². The van der Waals surface area contributed by atoms with Crippen molar-refractivity contribution < 1.29 is 0 Å². The van der Waals surface area contributed by atoms with Gasteiger partial charge in [0.25, 0.3) is 0 Å². The van der Waals surface area contributed by atoms with Crippen LogP contribution in [-0.4, -0.2) is 26.4 Å². The van der Waals surface area contributed by atoms with E-state index < -0.39 is 0 Å².